The van der Waals surface area contributed by atoms with E-state index in [2.05, 4.69) is 34.1 Å². The van der Waals surface area contributed by atoms with E-state index in [0.29, 0.717) is 12.3 Å². The first-order valence-corrected chi connectivity index (χ1v) is 9.38. The van der Waals surface area contributed by atoms with E-state index in [1.165, 1.54) is 22.2 Å². The molecule has 1 aromatic heterocycles. The fraction of sp³-hybridized carbons (Fsp3) is 0.550. The van der Waals surface area contributed by atoms with Crippen LogP contribution in [-0.2, 0) is 11.2 Å². The fourth-order valence-electron chi connectivity index (χ4n) is 5.68. The summed E-state index contributed by atoms with van der Waals surface area (Å²) in [5, 5.41) is 21.3. The van der Waals surface area contributed by atoms with Crippen LogP contribution in [0.5, 0.6) is 0 Å². The summed E-state index contributed by atoms with van der Waals surface area (Å²) in [5.74, 6) is -0.981. The van der Waals surface area contributed by atoms with Crippen LogP contribution in [0.3, 0.4) is 0 Å². The number of hydrogen-bond donors (Lipinski definition) is 3. The number of aliphatic carboxylic acids is 1. The van der Waals surface area contributed by atoms with Crippen LogP contribution in [0.1, 0.15) is 36.6 Å². The molecule has 3 N–H and O–H groups in total. The molecule has 3 aliphatic rings. The minimum Gasteiger partial charge on any atom is -0.481 e. The zero-order valence-electron chi connectivity index (χ0n) is 14.2. The van der Waals surface area contributed by atoms with Crippen LogP contribution in [0, 0.1) is 17.8 Å². The molecule has 0 spiro atoms. The average Bonchev–Trinajstić information content (AvgIpc) is 2.99. The molecule has 0 bridgehead atoms. The number of aliphatic hydroxyl groups excluding tert-OH is 1. The topological polar surface area (TPSA) is 76.6 Å². The molecule has 0 unspecified atom stereocenters. The van der Waals surface area contributed by atoms with Gasteiger partial charge >= 0.3 is 5.97 Å². The highest BCUT2D eigenvalue weighted by Gasteiger charge is 2.49. The van der Waals surface area contributed by atoms with Gasteiger partial charge in [0.1, 0.15) is 0 Å². The maximum Gasteiger partial charge on any atom is 0.309 e. The van der Waals surface area contributed by atoms with Crippen LogP contribution in [0.4, 0.5) is 0 Å². The predicted molar refractivity (Wildman–Crippen MR) is 94.3 cm³/mol. The Balaban J connectivity index is 1.54. The normalized spacial score (nSPS) is 35.0. The Morgan fingerprint density at radius 3 is 2.92 bits per heavy atom. The Morgan fingerprint density at radius 1 is 1.24 bits per heavy atom. The van der Waals surface area contributed by atoms with Gasteiger partial charge in [0.2, 0.25) is 0 Å². The molecule has 2 aliphatic heterocycles. The Bertz CT molecular complexity index is 829. The van der Waals surface area contributed by atoms with Crippen LogP contribution in [0.2, 0.25) is 0 Å². The van der Waals surface area contributed by atoms with Crippen molar-refractivity contribution in [1.29, 1.82) is 0 Å². The van der Waals surface area contributed by atoms with Gasteiger partial charge in [0.15, 0.2) is 0 Å². The lowest BCUT2D eigenvalue weighted by Gasteiger charge is -2.50. The number of carboxylic acid groups (broad SMARTS) is 1. The summed E-state index contributed by atoms with van der Waals surface area (Å²) in [7, 11) is 0. The molecule has 5 atom stereocenters. The number of benzene rings is 1. The summed E-state index contributed by atoms with van der Waals surface area (Å²) >= 11 is 0. The van der Waals surface area contributed by atoms with Crippen molar-refractivity contribution in [1.82, 2.24) is 9.88 Å². The van der Waals surface area contributed by atoms with E-state index in [1.807, 2.05) is 0 Å². The first-order chi connectivity index (χ1) is 12.1. The summed E-state index contributed by atoms with van der Waals surface area (Å²) in [6.07, 6.45) is 2.75. The van der Waals surface area contributed by atoms with E-state index in [-0.39, 0.29) is 12.0 Å². The first-order valence-electron chi connectivity index (χ1n) is 9.38. The molecule has 0 amide bonds. The van der Waals surface area contributed by atoms with Gasteiger partial charge in [-0.1, -0.05) is 18.2 Å². The van der Waals surface area contributed by atoms with Gasteiger partial charge in [-0.05, 0) is 49.1 Å². The van der Waals surface area contributed by atoms with Crippen molar-refractivity contribution in [2.45, 2.75) is 37.8 Å². The molecule has 1 saturated carbocycles. The molecule has 2 aromatic rings. The van der Waals surface area contributed by atoms with Crippen LogP contribution < -0.4 is 0 Å². The second kappa shape index (κ2) is 5.58. The lowest BCUT2D eigenvalue weighted by molar-refractivity contribution is -0.156. The lowest BCUT2D eigenvalue weighted by atomic mass is 9.65. The second-order valence-electron chi connectivity index (χ2n) is 7.99. The minimum absolute atomic E-state index is 0.0693. The van der Waals surface area contributed by atoms with E-state index in [1.54, 1.807) is 0 Å². The van der Waals surface area contributed by atoms with E-state index in [9.17, 15) is 15.0 Å². The van der Waals surface area contributed by atoms with Gasteiger partial charge in [0.05, 0.1) is 18.1 Å². The predicted octanol–water partition coefficient (Wildman–Crippen LogP) is 2.56. The van der Waals surface area contributed by atoms with Crippen LogP contribution in [0.15, 0.2) is 24.3 Å². The average molecular weight is 340 g/mol. The van der Waals surface area contributed by atoms with Gasteiger partial charge < -0.3 is 15.2 Å². The molecule has 3 heterocycles. The van der Waals surface area contributed by atoms with Crippen molar-refractivity contribution < 1.29 is 15.0 Å². The monoisotopic (exact) mass is 340 g/mol. The zero-order chi connectivity index (χ0) is 17.1. The number of aromatic amines is 1. The largest absolute Gasteiger partial charge is 0.481 e. The van der Waals surface area contributed by atoms with E-state index >= 15 is 0 Å². The quantitative estimate of drug-likeness (QED) is 0.746. The summed E-state index contributed by atoms with van der Waals surface area (Å²) in [4.78, 5) is 17.9. The Labute approximate surface area is 146 Å². The zero-order valence-corrected chi connectivity index (χ0v) is 14.2. The molecular formula is C20H24N2O3. The van der Waals surface area contributed by atoms with Gasteiger partial charge in [-0.2, -0.15) is 0 Å². The molecule has 1 aliphatic carbocycles. The molecule has 5 heteroatoms. The highest BCUT2D eigenvalue weighted by molar-refractivity contribution is 5.85. The number of carboxylic acids is 1. The lowest BCUT2D eigenvalue weighted by Crippen LogP contribution is -2.53. The molecular weight excluding hydrogens is 316 g/mol. The molecule has 132 valence electrons. The second-order valence-corrected chi connectivity index (χ2v) is 7.99. The third kappa shape index (κ3) is 2.26. The van der Waals surface area contributed by atoms with Gasteiger partial charge in [-0.15, -0.1) is 0 Å². The van der Waals surface area contributed by atoms with Crippen molar-refractivity contribution >= 4 is 16.9 Å². The maximum absolute atomic E-state index is 11.8. The highest BCUT2D eigenvalue weighted by Crippen LogP contribution is 2.49. The smallest absolute Gasteiger partial charge is 0.309 e. The number of hydrogen-bond acceptors (Lipinski definition) is 3. The number of H-pyrrole nitrogens is 1. The number of nitrogens with one attached hydrogen (secondary N) is 1. The number of para-hydroxylation sites is 1. The Hall–Kier alpha value is -1.85. The molecule has 5 nitrogen and oxygen atoms in total. The summed E-state index contributed by atoms with van der Waals surface area (Å²) in [6, 6.07) is 8.68. The standard InChI is InChI=1S/C20H24N2O3/c23-17-6-5-11-10-22-8-7-13-12-3-1-2-4-15(12)21-19(13)16(22)9-14(11)18(17)20(24)25/h1-4,11,14,16-18,21,23H,5-10H2,(H,24,25)/t11-,14-,16+,17+,18-/m1/s1. The molecule has 25 heavy (non-hydrogen) atoms. The van der Waals surface area contributed by atoms with Crippen molar-refractivity contribution in [3.8, 4) is 0 Å². The van der Waals surface area contributed by atoms with Crippen molar-refractivity contribution in [2.75, 3.05) is 13.1 Å². The van der Waals surface area contributed by atoms with Gasteiger partial charge in [0, 0.05) is 29.7 Å². The molecule has 0 radical (unpaired) electrons. The van der Waals surface area contributed by atoms with Gasteiger partial charge in [0.25, 0.3) is 0 Å². The highest BCUT2D eigenvalue weighted by atomic mass is 16.4. The van der Waals surface area contributed by atoms with E-state index in [4.69, 9.17) is 0 Å². The molecule has 5 rings (SSSR count). The third-order valence-electron chi connectivity index (χ3n) is 6.83. The number of aromatic nitrogens is 1. The van der Waals surface area contributed by atoms with Crippen LogP contribution in [0.25, 0.3) is 10.9 Å². The third-order valence-corrected chi connectivity index (χ3v) is 6.83. The Morgan fingerprint density at radius 2 is 2.08 bits per heavy atom. The molecule has 1 saturated heterocycles. The fourth-order valence-corrected chi connectivity index (χ4v) is 5.68. The van der Waals surface area contributed by atoms with Crippen LogP contribution in [-0.4, -0.2) is 45.3 Å². The van der Waals surface area contributed by atoms with Gasteiger partial charge in [-0.3, -0.25) is 9.69 Å². The number of rotatable bonds is 1. The Kier molecular flexibility index (Phi) is 3.44. The van der Waals surface area contributed by atoms with Crippen molar-refractivity contribution in [3.05, 3.63) is 35.5 Å². The first kappa shape index (κ1) is 15.4. The number of nitrogens with zero attached hydrogens (tertiary/aromatic N) is 1. The van der Waals surface area contributed by atoms with E-state index < -0.39 is 18.0 Å². The van der Waals surface area contributed by atoms with Crippen molar-refractivity contribution in [3.63, 3.8) is 0 Å². The number of aliphatic hydroxyl groups is 1. The molecule has 2 fully saturated rings. The number of fused-ring (bicyclic) bond motifs is 6. The molecule has 1 aromatic carbocycles. The van der Waals surface area contributed by atoms with E-state index in [0.717, 1.165) is 32.4 Å². The van der Waals surface area contributed by atoms with Crippen LogP contribution >= 0.6 is 0 Å². The SMILES string of the molecule is O=C(O)[C@@H]1[C@@H]2C[C@H]3c4[nH]c5ccccc5c4CCN3C[C@H]2CC[C@@H]1O. The summed E-state index contributed by atoms with van der Waals surface area (Å²) < 4.78 is 0. The summed E-state index contributed by atoms with van der Waals surface area (Å²) in [5.41, 5.74) is 3.85. The number of carbonyl (C=O) groups is 1. The van der Waals surface area contributed by atoms with Gasteiger partial charge in [-0.25, -0.2) is 0 Å². The maximum atomic E-state index is 11.8. The number of piperidine rings is 1. The minimum atomic E-state index is -0.830. The van der Waals surface area contributed by atoms with Crippen molar-refractivity contribution in [2.24, 2.45) is 17.8 Å². The summed E-state index contributed by atoms with van der Waals surface area (Å²) in [6.45, 7) is 2.00.